The minimum absolute atomic E-state index is 0.0878. The van der Waals surface area contributed by atoms with Crippen molar-refractivity contribution in [2.75, 3.05) is 0 Å². The molecule has 0 radical (unpaired) electrons. The highest BCUT2D eigenvalue weighted by Crippen LogP contribution is 2.60. The van der Waals surface area contributed by atoms with E-state index in [0.717, 1.165) is 12.3 Å². The highest BCUT2D eigenvalue weighted by Gasteiger charge is 2.57. The van der Waals surface area contributed by atoms with Crippen molar-refractivity contribution in [3.05, 3.63) is 35.9 Å². The molecule has 1 nitrogen and oxygen atoms in total. The number of aliphatic hydroxyl groups is 1. The van der Waals surface area contributed by atoms with Crippen LogP contribution in [0.2, 0.25) is 0 Å². The molecule has 3 aliphatic carbocycles. The molecule has 0 aromatic heterocycles. The zero-order chi connectivity index (χ0) is 12.0. The lowest BCUT2D eigenvalue weighted by atomic mass is 9.45. The fourth-order valence-electron chi connectivity index (χ4n) is 3.99. The lowest BCUT2D eigenvalue weighted by Gasteiger charge is -2.61. The molecule has 0 spiro atoms. The molecule has 1 heteroatoms. The van der Waals surface area contributed by atoms with Crippen LogP contribution in [0.15, 0.2) is 30.3 Å². The van der Waals surface area contributed by atoms with E-state index in [9.17, 15) is 5.11 Å². The number of hydrogen-bond acceptors (Lipinski definition) is 1. The Bertz CT molecular complexity index is 395. The molecule has 2 bridgehead atoms. The van der Waals surface area contributed by atoms with E-state index in [1.807, 2.05) is 0 Å². The maximum Gasteiger partial charge on any atom is 0.0605 e. The molecule has 0 saturated heterocycles. The average molecular weight is 230 g/mol. The van der Waals surface area contributed by atoms with E-state index in [1.54, 1.807) is 0 Å². The first-order chi connectivity index (χ1) is 8.09. The Morgan fingerprint density at radius 1 is 1.18 bits per heavy atom. The van der Waals surface area contributed by atoms with Gasteiger partial charge in [-0.15, -0.1) is 0 Å². The van der Waals surface area contributed by atoms with Crippen molar-refractivity contribution in [3.8, 4) is 0 Å². The standard InChI is InChI=1S/C16H22O/c1-16(2)13-9-12(15(17)14(16)10-13)8-11-6-4-3-5-7-11/h3-7,12-15,17H,8-10H2,1-2H3/t12-,13-,14-,15-/m0/s1. The number of fused-ring (bicyclic) bond motifs is 2. The quantitative estimate of drug-likeness (QED) is 0.826. The van der Waals surface area contributed by atoms with E-state index in [-0.39, 0.29) is 6.10 Å². The van der Waals surface area contributed by atoms with Gasteiger partial charge in [0.05, 0.1) is 6.10 Å². The molecule has 3 saturated carbocycles. The van der Waals surface area contributed by atoms with Gasteiger partial charge in [-0.1, -0.05) is 44.2 Å². The van der Waals surface area contributed by atoms with Gasteiger partial charge in [0.25, 0.3) is 0 Å². The van der Waals surface area contributed by atoms with E-state index >= 15 is 0 Å². The molecule has 3 aliphatic rings. The van der Waals surface area contributed by atoms with E-state index in [4.69, 9.17) is 0 Å². The Hall–Kier alpha value is -0.820. The Morgan fingerprint density at radius 3 is 2.47 bits per heavy atom. The smallest absolute Gasteiger partial charge is 0.0605 e. The van der Waals surface area contributed by atoms with Gasteiger partial charge in [0.2, 0.25) is 0 Å². The van der Waals surface area contributed by atoms with Crippen LogP contribution in [0.25, 0.3) is 0 Å². The van der Waals surface area contributed by atoms with Crippen molar-refractivity contribution >= 4 is 0 Å². The SMILES string of the molecule is CC1(C)[C@H]2C[C@H](Cc3ccccc3)[C@H](O)[C@@H]1C2. The van der Waals surface area contributed by atoms with Crippen molar-refractivity contribution in [1.82, 2.24) is 0 Å². The van der Waals surface area contributed by atoms with Crippen molar-refractivity contribution in [3.63, 3.8) is 0 Å². The van der Waals surface area contributed by atoms with Crippen molar-refractivity contribution < 1.29 is 5.11 Å². The summed E-state index contributed by atoms with van der Waals surface area (Å²) in [4.78, 5) is 0. The first kappa shape index (κ1) is 11.3. The molecule has 0 heterocycles. The largest absolute Gasteiger partial charge is 0.393 e. The highest BCUT2D eigenvalue weighted by molar-refractivity contribution is 5.17. The molecular weight excluding hydrogens is 208 g/mol. The summed E-state index contributed by atoms with van der Waals surface area (Å²) in [6.07, 6.45) is 3.42. The number of benzene rings is 1. The highest BCUT2D eigenvalue weighted by atomic mass is 16.3. The second-order valence-corrected chi connectivity index (χ2v) is 6.54. The first-order valence-electron chi connectivity index (χ1n) is 6.81. The maximum atomic E-state index is 10.5. The van der Waals surface area contributed by atoms with Crippen LogP contribution in [-0.4, -0.2) is 11.2 Å². The lowest BCUT2D eigenvalue weighted by Crippen LogP contribution is -2.58. The topological polar surface area (TPSA) is 20.2 Å². The summed E-state index contributed by atoms with van der Waals surface area (Å²) >= 11 is 0. The zero-order valence-corrected chi connectivity index (χ0v) is 10.8. The third kappa shape index (κ3) is 1.72. The van der Waals surface area contributed by atoms with Crippen LogP contribution >= 0.6 is 0 Å². The third-order valence-corrected chi connectivity index (χ3v) is 5.37. The third-order valence-electron chi connectivity index (χ3n) is 5.37. The first-order valence-corrected chi connectivity index (χ1v) is 6.81. The Balaban J connectivity index is 1.71. The molecule has 0 amide bonds. The second kappa shape index (κ2) is 3.84. The number of aliphatic hydroxyl groups excluding tert-OH is 1. The molecule has 3 fully saturated rings. The van der Waals surface area contributed by atoms with Gasteiger partial charge < -0.3 is 5.11 Å². The Labute approximate surface area is 104 Å². The fraction of sp³-hybridized carbons (Fsp3) is 0.625. The van der Waals surface area contributed by atoms with Crippen LogP contribution < -0.4 is 0 Å². The van der Waals surface area contributed by atoms with Gasteiger partial charge >= 0.3 is 0 Å². The van der Waals surface area contributed by atoms with Crippen LogP contribution in [0.3, 0.4) is 0 Å². The summed E-state index contributed by atoms with van der Waals surface area (Å²) in [5.74, 6) is 1.86. The average Bonchev–Trinajstić information content (AvgIpc) is 2.32. The molecule has 92 valence electrons. The monoisotopic (exact) mass is 230 g/mol. The summed E-state index contributed by atoms with van der Waals surface area (Å²) in [6, 6.07) is 10.6. The minimum Gasteiger partial charge on any atom is -0.393 e. The molecule has 0 unspecified atom stereocenters. The summed E-state index contributed by atoms with van der Waals surface area (Å²) in [5, 5.41) is 10.5. The van der Waals surface area contributed by atoms with Gasteiger partial charge in [-0.3, -0.25) is 0 Å². The Kier molecular flexibility index (Phi) is 2.55. The molecule has 1 aromatic carbocycles. The van der Waals surface area contributed by atoms with Gasteiger partial charge in [0, 0.05) is 0 Å². The predicted molar refractivity (Wildman–Crippen MR) is 69.6 cm³/mol. The van der Waals surface area contributed by atoms with E-state index in [0.29, 0.717) is 17.3 Å². The predicted octanol–water partition coefficient (Wildman–Crippen LogP) is 3.27. The lowest BCUT2D eigenvalue weighted by molar-refractivity contribution is -0.169. The van der Waals surface area contributed by atoms with Gasteiger partial charge in [0.1, 0.15) is 0 Å². The summed E-state index contributed by atoms with van der Waals surface area (Å²) < 4.78 is 0. The molecule has 0 aliphatic heterocycles. The second-order valence-electron chi connectivity index (χ2n) is 6.54. The van der Waals surface area contributed by atoms with Gasteiger partial charge in [0.15, 0.2) is 0 Å². The van der Waals surface area contributed by atoms with E-state index < -0.39 is 0 Å². The maximum absolute atomic E-state index is 10.5. The fourth-order valence-corrected chi connectivity index (χ4v) is 3.99. The summed E-state index contributed by atoms with van der Waals surface area (Å²) in [6.45, 7) is 4.65. The van der Waals surface area contributed by atoms with Gasteiger partial charge in [-0.2, -0.15) is 0 Å². The van der Waals surface area contributed by atoms with Crippen molar-refractivity contribution in [2.45, 2.75) is 39.2 Å². The number of rotatable bonds is 2. The number of hydrogen-bond donors (Lipinski definition) is 1. The van der Waals surface area contributed by atoms with Crippen LogP contribution in [-0.2, 0) is 6.42 Å². The molecule has 4 atom stereocenters. The molecular formula is C16H22O. The van der Waals surface area contributed by atoms with Crippen LogP contribution in [0.5, 0.6) is 0 Å². The van der Waals surface area contributed by atoms with Gasteiger partial charge in [-0.25, -0.2) is 0 Å². The normalized spacial score (nSPS) is 38.5. The Morgan fingerprint density at radius 2 is 1.88 bits per heavy atom. The van der Waals surface area contributed by atoms with E-state index in [2.05, 4.69) is 44.2 Å². The molecule has 1 N–H and O–H groups in total. The molecule has 4 rings (SSSR count). The molecule has 17 heavy (non-hydrogen) atoms. The van der Waals surface area contributed by atoms with Crippen molar-refractivity contribution in [2.24, 2.45) is 23.2 Å². The zero-order valence-electron chi connectivity index (χ0n) is 10.8. The van der Waals surface area contributed by atoms with Gasteiger partial charge in [-0.05, 0) is 48.0 Å². The van der Waals surface area contributed by atoms with Crippen LogP contribution in [0, 0.1) is 23.2 Å². The summed E-state index contributed by atoms with van der Waals surface area (Å²) in [7, 11) is 0. The van der Waals surface area contributed by atoms with E-state index in [1.165, 1.54) is 18.4 Å². The van der Waals surface area contributed by atoms with Crippen molar-refractivity contribution in [1.29, 1.82) is 0 Å². The summed E-state index contributed by atoms with van der Waals surface area (Å²) in [5.41, 5.74) is 1.75. The minimum atomic E-state index is -0.0878. The van der Waals surface area contributed by atoms with Crippen LogP contribution in [0.1, 0.15) is 32.3 Å². The molecule has 1 aromatic rings. The van der Waals surface area contributed by atoms with Crippen LogP contribution in [0.4, 0.5) is 0 Å².